The van der Waals surface area contributed by atoms with Crippen LogP contribution in [-0.4, -0.2) is 10.9 Å². The van der Waals surface area contributed by atoms with Gasteiger partial charge in [-0.1, -0.05) is 0 Å². The fourth-order valence-corrected chi connectivity index (χ4v) is 3.14. The Morgan fingerprint density at radius 2 is 2.16 bits per heavy atom. The number of hydrogen-bond donors (Lipinski definition) is 2. The number of nitrogen functional groups attached to an aromatic ring is 1. The number of fused-ring (bicyclic) bond motifs is 1. The topological polar surface area (TPSA) is 68.0 Å². The number of aryl methyl sites for hydroxylation is 2. The van der Waals surface area contributed by atoms with Crippen LogP contribution in [0.15, 0.2) is 18.3 Å². The number of aromatic nitrogens is 1. The molecule has 1 aliphatic rings. The number of carbonyl (C=O) groups is 1. The Balaban J connectivity index is 2.14. The third-order valence-electron chi connectivity index (χ3n) is 3.03. The van der Waals surface area contributed by atoms with Crippen LogP contribution in [0.2, 0.25) is 0 Å². The van der Waals surface area contributed by atoms with Crippen LogP contribution >= 0.6 is 11.3 Å². The van der Waals surface area contributed by atoms with E-state index in [1.165, 1.54) is 10.4 Å². The van der Waals surface area contributed by atoms with Crippen LogP contribution in [0.3, 0.4) is 0 Å². The lowest BCUT2D eigenvalue weighted by atomic mass is 10.1. The minimum absolute atomic E-state index is 0.126. The smallest absolute Gasteiger partial charge is 0.257 e. The molecule has 2 aromatic heterocycles. The van der Waals surface area contributed by atoms with Crippen LogP contribution in [0.25, 0.3) is 11.6 Å². The Morgan fingerprint density at radius 1 is 1.37 bits per heavy atom. The maximum absolute atomic E-state index is 12.0. The third-order valence-corrected chi connectivity index (χ3v) is 4.13. The molecule has 0 fully saturated rings. The highest BCUT2D eigenvalue weighted by Crippen LogP contribution is 2.34. The zero-order valence-electron chi connectivity index (χ0n) is 10.7. The fraction of sp³-hybridized carbons (Fsp3) is 0.143. The molecule has 0 aromatic carbocycles. The second-order valence-electron chi connectivity index (χ2n) is 4.58. The number of nitrogens with one attached hydrogen (secondary N) is 1. The Hall–Kier alpha value is -2.14. The average molecular weight is 271 g/mol. The Kier molecular flexibility index (Phi) is 2.64. The molecular weight excluding hydrogens is 258 g/mol. The van der Waals surface area contributed by atoms with Gasteiger partial charge in [-0.2, -0.15) is 0 Å². The van der Waals surface area contributed by atoms with Crippen LogP contribution in [0.5, 0.6) is 0 Å². The van der Waals surface area contributed by atoms with E-state index < -0.39 is 0 Å². The molecule has 1 aliphatic heterocycles. The Bertz CT molecular complexity index is 715. The van der Waals surface area contributed by atoms with E-state index in [0.717, 1.165) is 10.4 Å². The quantitative estimate of drug-likeness (QED) is 0.784. The second kappa shape index (κ2) is 4.20. The molecule has 0 saturated carbocycles. The Morgan fingerprint density at radius 3 is 2.84 bits per heavy atom. The normalized spacial score (nSPS) is 15.7. The van der Waals surface area contributed by atoms with Crippen molar-refractivity contribution in [1.29, 1.82) is 0 Å². The maximum atomic E-state index is 12.0. The number of pyridine rings is 1. The standard InChI is InChI=1S/C14H13N3OS/c1-7-3-8(2)19-12(7)5-11-10-4-9(15)6-16-13(10)17-14(11)18/h3-6H,15H2,1-2H3,(H,16,17,18). The fourth-order valence-electron chi connectivity index (χ4n) is 2.16. The lowest BCUT2D eigenvalue weighted by Crippen LogP contribution is -2.04. The number of rotatable bonds is 1. The summed E-state index contributed by atoms with van der Waals surface area (Å²) in [7, 11) is 0. The van der Waals surface area contributed by atoms with Gasteiger partial charge in [0.25, 0.3) is 5.91 Å². The van der Waals surface area contributed by atoms with Gasteiger partial charge >= 0.3 is 0 Å². The molecule has 3 rings (SSSR count). The van der Waals surface area contributed by atoms with Crippen LogP contribution in [0.1, 0.15) is 20.9 Å². The third kappa shape index (κ3) is 2.02. The first kappa shape index (κ1) is 11.9. The molecule has 0 bridgehead atoms. The van der Waals surface area contributed by atoms with Gasteiger partial charge in [-0.25, -0.2) is 4.98 Å². The lowest BCUT2D eigenvalue weighted by Gasteiger charge is -1.99. The van der Waals surface area contributed by atoms with Crippen molar-refractivity contribution in [2.75, 3.05) is 11.1 Å². The van der Waals surface area contributed by atoms with E-state index in [9.17, 15) is 4.79 Å². The first-order valence-corrected chi connectivity index (χ1v) is 6.72. The molecular formula is C14H13N3OS. The number of carbonyl (C=O) groups excluding carboxylic acids is 1. The van der Waals surface area contributed by atoms with E-state index in [-0.39, 0.29) is 5.91 Å². The molecule has 0 atom stereocenters. The number of amides is 1. The van der Waals surface area contributed by atoms with Crippen LogP contribution in [0.4, 0.5) is 11.5 Å². The Labute approximate surface area is 115 Å². The number of nitrogens with zero attached hydrogens (tertiary/aromatic N) is 1. The van der Waals surface area contributed by atoms with Gasteiger partial charge in [0.15, 0.2) is 0 Å². The van der Waals surface area contributed by atoms with Crippen molar-refractivity contribution in [3.05, 3.63) is 39.2 Å². The highest BCUT2D eigenvalue weighted by atomic mass is 32.1. The van der Waals surface area contributed by atoms with Crippen molar-refractivity contribution in [2.45, 2.75) is 13.8 Å². The lowest BCUT2D eigenvalue weighted by molar-refractivity contribution is -0.110. The number of nitrogens with two attached hydrogens (primary N) is 1. The molecule has 0 spiro atoms. The van der Waals surface area contributed by atoms with Crippen LogP contribution in [-0.2, 0) is 4.79 Å². The summed E-state index contributed by atoms with van der Waals surface area (Å²) in [4.78, 5) is 18.5. The van der Waals surface area contributed by atoms with E-state index in [1.807, 2.05) is 13.0 Å². The van der Waals surface area contributed by atoms with Gasteiger partial charge in [-0.3, -0.25) is 4.79 Å². The monoisotopic (exact) mass is 271 g/mol. The highest BCUT2D eigenvalue weighted by Gasteiger charge is 2.25. The van der Waals surface area contributed by atoms with E-state index in [2.05, 4.69) is 23.3 Å². The van der Waals surface area contributed by atoms with Gasteiger partial charge < -0.3 is 11.1 Å². The zero-order valence-corrected chi connectivity index (χ0v) is 11.5. The molecule has 96 valence electrons. The van der Waals surface area contributed by atoms with Crippen molar-refractivity contribution in [3.8, 4) is 0 Å². The predicted octanol–water partition coefficient (Wildman–Crippen LogP) is 2.83. The summed E-state index contributed by atoms with van der Waals surface area (Å²) in [5.74, 6) is 0.454. The molecule has 0 aliphatic carbocycles. The molecule has 0 unspecified atom stereocenters. The van der Waals surface area contributed by atoms with Crippen molar-refractivity contribution < 1.29 is 4.79 Å². The van der Waals surface area contributed by atoms with Crippen molar-refractivity contribution in [1.82, 2.24) is 4.98 Å². The van der Waals surface area contributed by atoms with Gasteiger partial charge in [0.2, 0.25) is 0 Å². The number of thiophene rings is 1. The summed E-state index contributed by atoms with van der Waals surface area (Å²) in [6.07, 6.45) is 3.46. The molecule has 2 aromatic rings. The summed E-state index contributed by atoms with van der Waals surface area (Å²) in [5.41, 5.74) is 8.87. The maximum Gasteiger partial charge on any atom is 0.257 e. The summed E-state index contributed by atoms with van der Waals surface area (Å²) in [5, 5.41) is 2.75. The molecule has 4 nitrogen and oxygen atoms in total. The van der Waals surface area contributed by atoms with E-state index in [0.29, 0.717) is 17.1 Å². The SMILES string of the molecule is Cc1cc(C)c(C=C2C(=O)Nc3ncc(N)cc32)s1. The van der Waals surface area contributed by atoms with Gasteiger partial charge in [-0.05, 0) is 37.6 Å². The molecule has 0 radical (unpaired) electrons. The van der Waals surface area contributed by atoms with Crippen molar-refractivity contribution in [3.63, 3.8) is 0 Å². The van der Waals surface area contributed by atoms with Gasteiger partial charge in [0.1, 0.15) is 5.82 Å². The number of hydrogen-bond acceptors (Lipinski definition) is 4. The predicted molar refractivity (Wildman–Crippen MR) is 78.9 cm³/mol. The first-order chi connectivity index (χ1) is 9.04. The minimum atomic E-state index is -0.126. The van der Waals surface area contributed by atoms with Crippen LogP contribution < -0.4 is 11.1 Å². The van der Waals surface area contributed by atoms with Crippen molar-refractivity contribution >= 4 is 40.4 Å². The molecule has 3 N–H and O–H groups in total. The summed E-state index contributed by atoms with van der Waals surface area (Å²) < 4.78 is 0. The average Bonchev–Trinajstić information content (AvgIpc) is 2.81. The molecule has 19 heavy (non-hydrogen) atoms. The summed E-state index contributed by atoms with van der Waals surface area (Å²) in [6.45, 7) is 4.10. The highest BCUT2D eigenvalue weighted by molar-refractivity contribution is 7.13. The van der Waals surface area contributed by atoms with Crippen LogP contribution in [0, 0.1) is 13.8 Å². The second-order valence-corrected chi connectivity index (χ2v) is 5.87. The summed E-state index contributed by atoms with van der Waals surface area (Å²) >= 11 is 1.67. The molecule has 3 heterocycles. The first-order valence-electron chi connectivity index (χ1n) is 5.90. The number of anilines is 2. The minimum Gasteiger partial charge on any atom is -0.397 e. The molecule has 0 saturated heterocycles. The molecule has 1 amide bonds. The molecule has 5 heteroatoms. The van der Waals surface area contributed by atoms with Crippen molar-refractivity contribution in [2.24, 2.45) is 0 Å². The largest absolute Gasteiger partial charge is 0.397 e. The van der Waals surface area contributed by atoms with Gasteiger partial charge in [0, 0.05) is 15.3 Å². The van der Waals surface area contributed by atoms with Gasteiger partial charge in [-0.15, -0.1) is 11.3 Å². The van der Waals surface area contributed by atoms with E-state index in [1.54, 1.807) is 23.6 Å². The van der Waals surface area contributed by atoms with Gasteiger partial charge in [0.05, 0.1) is 17.5 Å². The van der Waals surface area contributed by atoms with E-state index >= 15 is 0 Å². The van der Waals surface area contributed by atoms with E-state index in [4.69, 9.17) is 5.73 Å². The summed E-state index contributed by atoms with van der Waals surface area (Å²) in [6, 6.07) is 3.89. The zero-order chi connectivity index (χ0) is 13.6.